The van der Waals surface area contributed by atoms with Gasteiger partial charge in [0, 0.05) is 29.4 Å². The van der Waals surface area contributed by atoms with E-state index in [-0.39, 0.29) is 35.0 Å². The number of nitrogens with zero attached hydrogens (tertiary/aromatic N) is 3. The number of amides is 1. The predicted molar refractivity (Wildman–Crippen MR) is 130 cm³/mol. The van der Waals surface area contributed by atoms with E-state index in [1.54, 1.807) is 20.2 Å². The number of phenolic OH excluding ortho intramolecular Hbond substituents is 1. The Morgan fingerprint density at radius 3 is 2.41 bits per heavy atom. The number of aromatic hydroxyl groups is 1. The van der Waals surface area contributed by atoms with Crippen LogP contribution in [0.15, 0.2) is 41.4 Å². The zero-order chi connectivity index (χ0) is 27.0. The Bertz CT molecular complexity index is 1450. The van der Waals surface area contributed by atoms with E-state index in [4.69, 9.17) is 17.3 Å². The normalized spacial score (nSPS) is 27.2. The van der Waals surface area contributed by atoms with Crippen molar-refractivity contribution in [1.82, 2.24) is 14.9 Å². The van der Waals surface area contributed by atoms with Crippen LogP contribution in [0.3, 0.4) is 0 Å². The van der Waals surface area contributed by atoms with E-state index in [1.165, 1.54) is 23.4 Å². The van der Waals surface area contributed by atoms with E-state index < -0.39 is 58.0 Å². The topological polar surface area (TPSA) is 187 Å². The van der Waals surface area contributed by atoms with E-state index in [1.807, 2.05) is 0 Å². The first-order valence-corrected chi connectivity index (χ1v) is 11.7. The Balaban J connectivity index is 1.74. The number of carbonyl (C=O) groups excluding carboxylic acids is 3. The predicted octanol–water partition coefficient (Wildman–Crippen LogP) is 1.07. The van der Waals surface area contributed by atoms with Crippen molar-refractivity contribution in [3.8, 4) is 16.9 Å². The van der Waals surface area contributed by atoms with Crippen molar-refractivity contribution in [2.75, 3.05) is 14.1 Å². The second-order valence-corrected chi connectivity index (χ2v) is 10.0. The maximum Gasteiger partial charge on any atom is 0.255 e. The smallest absolute Gasteiger partial charge is 0.255 e. The minimum absolute atomic E-state index is 0.00201. The number of hydrogen-bond acceptors (Lipinski definition) is 10. The molecule has 0 bridgehead atoms. The third-order valence-corrected chi connectivity index (χ3v) is 7.73. The highest BCUT2D eigenvalue weighted by Crippen LogP contribution is 2.53. The highest BCUT2D eigenvalue weighted by Gasteiger charge is 2.64. The molecule has 6 N–H and O–H groups in total. The van der Waals surface area contributed by atoms with Crippen LogP contribution >= 0.6 is 11.6 Å². The van der Waals surface area contributed by atoms with Gasteiger partial charge >= 0.3 is 0 Å². The largest absolute Gasteiger partial charge is 0.508 e. The van der Waals surface area contributed by atoms with Gasteiger partial charge in [-0.05, 0) is 61.6 Å². The van der Waals surface area contributed by atoms with Gasteiger partial charge in [-0.1, -0.05) is 6.07 Å². The molecule has 0 aliphatic heterocycles. The summed E-state index contributed by atoms with van der Waals surface area (Å²) in [7, 11) is 3.09. The number of ketones is 2. The zero-order valence-electron chi connectivity index (χ0n) is 19.8. The first kappa shape index (κ1) is 24.9. The summed E-state index contributed by atoms with van der Waals surface area (Å²) >= 11 is 5.81. The molecule has 11 nitrogen and oxygen atoms in total. The molecule has 37 heavy (non-hydrogen) atoms. The summed E-state index contributed by atoms with van der Waals surface area (Å²) in [6.07, 6.45) is 3.12. The molecule has 5 rings (SSSR count). The number of aliphatic hydroxyl groups excluding tert-OH is 2. The standard InChI is InChI=1S/C25H23ClN4O7/c1-30(2)18-13-6-9-5-12-11(10-7-28-24(26)29-8-10)3-4-14(31)16(12)19(32)15(9)21(34)25(13,37)22(35)17(20(18)33)23(27)36/h3-4,7-9,13,18,31-32,35,37H,5-6H2,1-2H3,(H2,27,36)/t9-,13-,18?,25-/m0/s1. The molecular formula is C25H23ClN4O7. The van der Waals surface area contributed by atoms with Crippen LogP contribution in [0.4, 0.5) is 0 Å². The molecule has 192 valence electrons. The van der Waals surface area contributed by atoms with E-state index in [0.717, 1.165) is 0 Å². The molecule has 12 heteroatoms. The Morgan fingerprint density at radius 1 is 1.16 bits per heavy atom. The molecule has 3 aliphatic carbocycles. The number of hydrogen-bond donors (Lipinski definition) is 5. The van der Waals surface area contributed by atoms with Crippen LogP contribution in [0.1, 0.15) is 17.5 Å². The van der Waals surface area contributed by atoms with Gasteiger partial charge in [-0.3, -0.25) is 19.3 Å². The lowest BCUT2D eigenvalue weighted by Crippen LogP contribution is -2.65. The SMILES string of the molecule is CN(C)C1C(=O)C(C(N)=O)=C(O)[C@@]2(O)C(=O)C3=C(O)c4c(O)ccc(-c5cnc(Cl)nc5)c4C[C@H]3C[C@@H]12. The third kappa shape index (κ3) is 3.38. The third-order valence-electron chi connectivity index (χ3n) is 7.54. The van der Waals surface area contributed by atoms with Crippen LogP contribution < -0.4 is 5.73 Å². The lowest BCUT2D eigenvalue weighted by atomic mass is 9.57. The summed E-state index contributed by atoms with van der Waals surface area (Å²) in [6, 6.07) is 1.82. The number of aromatic nitrogens is 2. The lowest BCUT2D eigenvalue weighted by Gasteiger charge is -2.50. The van der Waals surface area contributed by atoms with Crippen molar-refractivity contribution < 1.29 is 34.8 Å². The summed E-state index contributed by atoms with van der Waals surface area (Å²) in [6.45, 7) is 0. The number of phenols is 1. The molecule has 1 unspecified atom stereocenters. The highest BCUT2D eigenvalue weighted by atomic mass is 35.5. The van der Waals surface area contributed by atoms with E-state index in [9.17, 15) is 34.8 Å². The Kier molecular flexibility index (Phi) is 5.63. The fourth-order valence-corrected chi connectivity index (χ4v) is 6.06. The number of Topliss-reactive ketones (excluding diaryl/α,β-unsaturated/α-hetero) is 2. The Hall–Kier alpha value is -3.80. The fraction of sp³-hybridized carbons (Fsp3) is 0.320. The number of fused-ring (bicyclic) bond motifs is 3. The summed E-state index contributed by atoms with van der Waals surface area (Å²) < 4.78 is 0. The number of halogens is 1. The van der Waals surface area contributed by atoms with E-state index >= 15 is 0 Å². The van der Waals surface area contributed by atoms with Gasteiger partial charge in [-0.15, -0.1) is 0 Å². The van der Waals surface area contributed by atoms with Gasteiger partial charge in [0.1, 0.15) is 22.8 Å². The molecule has 1 heterocycles. The van der Waals surface area contributed by atoms with Gasteiger partial charge in [-0.2, -0.15) is 0 Å². The lowest BCUT2D eigenvalue weighted by molar-refractivity contribution is -0.153. The van der Waals surface area contributed by atoms with E-state index in [0.29, 0.717) is 16.7 Å². The van der Waals surface area contributed by atoms with Gasteiger partial charge in [0.15, 0.2) is 11.4 Å². The molecule has 0 saturated heterocycles. The van der Waals surface area contributed by atoms with Gasteiger partial charge in [0.25, 0.3) is 5.91 Å². The average molecular weight is 527 g/mol. The van der Waals surface area contributed by atoms with Crippen molar-refractivity contribution in [3.63, 3.8) is 0 Å². The molecule has 0 spiro atoms. The number of aliphatic hydroxyl groups is 3. The number of nitrogens with two attached hydrogens (primary N) is 1. The van der Waals surface area contributed by atoms with Crippen LogP contribution in [0.25, 0.3) is 16.9 Å². The van der Waals surface area contributed by atoms with Crippen molar-refractivity contribution in [2.45, 2.75) is 24.5 Å². The quantitative estimate of drug-likeness (QED) is 0.286. The molecule has 3 aliphatic rings. The van der Waals surface area contributed by atoms with Crippen LogP contribution in [0, 0.1) is 11.8 Å². The maximum atomic E-state index is 13.8. The molecule has 1 aromatic heterocycles. The van der Waals surface area contributed by atoms with Gasteiger partial charge in [-0.25, -0.2) is 9.97 Å². The Morgan fingerprint density at radius 2 is 1.81 bits per heavy atom. The zero-order valence-corrected chi connectivity index (χ0v) is 20.5. The number of rotatable bonds is 3. The summed E-state index contributed by atoms with van der Waals surface area (Å²) in [5.74, 6) is -6.97. The van der Waals surface area contributed by atoms with Crippen molar-refractivity contribution in [2.24, 2.45) is 17.6 Å². The summed E-state index contributed by atoms with van der Waals surface area (Å²) in [5, 5.41) is 44.5. The van der Waals surface area contributed by atoms with Crippen molar-refractivity contribution in [3.05, 3.63) is 57.8 Å². The fourth-order valence-electron chi connectivity index (χ4n) is 5.97. The Labute approximate surface area is 215 Å². The van der Waals surface area contributed by atoms with Crippen LogP contribution in [0.5, 0.6) is 5.75 Å². The number of benzene rings is 1. The number of primary amides is 1. The number of likely N-dealkylation sites (N-methyl/N-ethyl adjacent to an activating group) is 1. The van der Waals surface area contributed by atoms with Gasteiger partial charge < -0.3 is 26.2 Å². The second kappa shape index (κ2) is 8.37. The van der Waals surface area contributed by atoms with E-state index in [2.05, 4.69) is 9.97 Å². The summed E-state index contributed by atoms with van der Waals surface area (Å²) in [5.41, 5.74) is 3.23. The molecule has 0 radical (unpaired) electrons. The van der Waals surface area contributed by atoms with Crippen LogP contribution in [-0.2, 0) is 20.8 Å². The molecular weight excluding hydrogens is 504 g/mol. The minimum Gasteiger partial charge on any atom is -0.508 e. The molecule has 4 atom stereocenters. The monoisotopic (exact) mass is 526 g/mol. The summed E-state index contributed by atoms with van der Waals surface area (Å²) in [4.78, 5) is 48.5. The maximum absolute atomic E-state index is 13.8. The van der Waals surface area contributed by atoms with Gasteiger partial charge in [0.05, 0.1) is 11.6 Å². The minimum atomic E-state index is -2.68. The molecule has 1 saturated carbocycles. The molecule has 1 amide bonds. The molecule has 2 aromatic rings. The number of carbonyl (C=O) groups is 3. The molecule has 1 aromatic carbocycles. The highest BCUT2D eigenvalue weighted by molar-refractivity contribution is 6.28. The molecule has 1 fully saturated rings. The van der Waals surface area contributed by atoms with Crippen LogP contribution in [-0.4, -0.2) is 78.5 Å². The average Bonchev–Trinajstić information content (AvgIpc) is 2.82. The van der Waals surface area contributed by atoms with Crippen molar-refractivity contribution >= 4 is 34.8 Å². The second-order valence-electron chi connectivity index (χ2n) is 9.69. The van der Waals surface area contributed by atoms with Crippen LogP contribution in [0.2, 0.25) is 5.28 Å². The first-order chi connectivity index (χ1) is 17.4. The first-order valence-electron chi connectivity index (χ1n) is 11.4. The van der Waals surface area contributed by atoms with Gasteiger partial charge in [0.2, 0.25) is 11.1 Å². The van der Waals surface area contributed by atoms with Crippen molar-refractivity contribution in [1.29, 1.82) is 0 Å².